The first-order valence-corrected chi connectivity index (χ1v) is 8.01. The molecule has 3 nitrogen and oxygen atoms in total. The van der Waals surface area contributed by atoms with E-state index in [-0.39, 0.29) is 5.54 Å². The number of piperidine rings is 1. The van der Waals surface area contributed by atoms with E-state index in [1.165, 1.54) is 32.4 Å². The predicted octanol–water partition coefficient (Wildman–Crippen LogP) is 2.92. The summed E-state index contributed by atoms with van der Waals surface area (Å²) in [6, 6.07) is 3.77. The van der Waals surface area contributed by atoms with Crippen molar-refractivity contribution in [2.45, 2.75) is 76.9 Å². The second-order valence-electron chi connectivity index (χ2n) is 6.78. The fourth-order valence-corrected chi connectivity index (χ4v) is 3.96. The monoisotopic (exact) mass is 263 g/mol. The third-order valence-electron chi connectivity index (χ3n) is 4.95. The fraction of sp³-hybridized carbons (Fsp3) is 0.938. The topological polar surface area (TPSA) is 39.1 Å². The zero-order chi connectivity index (χ0) is 13.9. The van der Waals surface area contributed by atoms with E-state index in [4.69, 9.17) is 0 Å². The standard InChI is InChI=1S/C16H29N3/c1-4-16(12-17,18-13(2)3)8-5-9-19-11-14-6-7-15(19)10-14/h13-15,18H,4-11H2,1-3H3. The van der Waals surface area contributed by atoms with E-state index < -0.39 is 0 Å². The Bertz CT molecular complexity index is 333. The average Bonchev–Trinajstić information content (AvgIpc) is 2.99. The van der Waals surface area contributed by atoms with Gasteiger partial charge < -0.3 is 4.90 Å². The molecule has 1 heterocycles. The van der Waals surface area contributed by atoms with Gasteiger partial charge in [0.2, 0.25) is 0 Å². The molecule has 2 bridgehead atoms. The molecule has 108 valence electrons. The van der Waals surface area contributed by atoms with Crippen LogP contribution in [0.5, 0.6) is 0 Å². The molecule has 2 fully saturated rings. The molecule has 0 amide bonds. The van der Waals surface area contributed by atoms with Gasteiger partial charge in [0.1, 0.15) is 5.54 Å². The van der Waals surface area contributed by atoms with E-state index in [0.717, 1.165) is 31.2 Å². The largest absolute Gasteiger partial charge is 0.300 e. The number of likely N-dealkylation sites (tertiary alicyclic amines) is 1. The molecule has 0 aromatic rings. The Morgan fingerprint density at radius 2 is 2.21 bits per heavy atom. The summed E-state index contributed by atoms with van der Waals surface area (Å²) in [5.74, 6) is 0.977. The lowest BCUT2D eigenvalue weighted by molar-refractivity contribution is 0.200. The summed E-state index contributed by atoms with van der Waals surface area (Å²) in [6.45, 7) is 8.87. The van der Waals surface area contributed by atoms with Gasteiger partial charge in [0, 0.05) is 18.6 Å². The second-order valence-corrected chi connectivity index (χ2v) is 6.78. The minimum atomic E-state index is -0.313. The molecule has 1 aliphatic heterocycles. The normalized spacial score (nSPS) is 29.6. The van der Waals surface area contributed by atoms with Crippen LogP contribution in [0.25, 0.3) is 0 Å². The lowest BCUT2D eigenvalue weighted by Crippen LogP contribution is -2.47. The highest BCUT2D eigenvalue weighted by molar-refractivity contribution is 5.07. The van der Waals surface area contributed by atoms with Crippen LogP contribution in [0.2, 0.25) is 0 Å². The molecule has 0 aromatic heterocycles. The molecule has 3 heteroatoms. The van der Waals surface area contributed by atoms with Crippen molar-refractivity contribution in [1.29, 1.82) is 5.26 Å². The Balaban J connectivity index is 1.78. The lowest BCUT2D eigenvalue weighted by Gasteiger charge is -2.31. The van der Waals surface area contributed by atoms with Crippen molar-refractivity contribution in [3.05, 3.63) is 0 Å². The maximum atomic E-state index is 9.50. The Labute approximate surface area is 118 Å². The third kappa shape index (κ3) is 3.49. The zero-order valence-electron chi connectivity index (χ0n) is 12.8. The lowest BCUT2D eigenvalue weighted by atomic mass is 9.91. The summed E-state index contributed by atoms with van der Waals surface area (Å²) in [5, 5.41) is 13.0. The maximum Gasteiger partial charge on any atom is 0.106 e. The van der Waals surface area contributed by atoms with E-state index in [1.807, 2.05) is 0 Å². The molecule has 3 atom stereocenters. The average molecular weight is 263 g/mol. The number of rotatable bonds is 7. The quantitative estimate of drug-likeness (QED) is 0.767. The molecule has 1 aliphatic carbocycles. The van der Waals surface area contributed by atoms with Crippen molar-refractivity contribution in [1.82, 2.24) is 10.2 Å². The number of nitrogens with zero attached hydrogens (tertiary/aromatic N) is 2. The van der Waals surface area contributed by atoms with Crippen LogP contribution in [0, 0.1) is 17.2 Å². The number of hydrogen-bond donors (Lipinski definition) is 1. The number of fused-ring (bicyclic) bond motifs is 2. The summed E-state index contributed by atoms with van der Waals surface area (Å²) in [6.07, 6.45) is 7.31. The van der Waals surface area contributed by atoms with Crippen molar-refractivity contribution >= 4 is 0 Å². The zero-order valence-corrected chi connectivity index (χ0v) is 12.8. The Kier molecular flexibility index (Phi) is 4.86. The van der Waals surface area contributed by atoms with Crippen LogP contribution < -0.4 is 5.32 Å². The Morgan fingerprint density at radius 3 is 2.68 bits per heavy atom. The highest BCUT2D eigenvalue weighted by Gasteiger charge is 2.37. The minimum absolute atomic E-state index is 0.313. The first-order valence-electron chi connectivity index (χ1n) is 8.01. The molecule has 19 heavy (non-hydrogen) atoms. The van der Waals surface area contributed by atoms with Crippen molar-refractivity contribution in [3.8, 4) is 6.07 Å². The van der Waals surface area contributed by atoms with Crippen LogP contribution in [0.4, 0.5) is 0 Å². The SMILES string of the molecule is CCC(C#N)(CCCN1CC2CCC1C2)NC(C)C. The molecule has 2 rings (SSSR count). The molecular formula is C16H29N3. The van der Waals surface area contributed by atoms with Gasteiger partial charge in [0.15, 0.2) is 0 Å². The molecule has 3 unspecified atom stereocenters. The molecular weight excluding hydrogens is 234 g/mol. The van der Waals surface area contributed by atoms with Gasteiger partial charge in [-0.15, -0.1) is 0 Å². The first kappa shape index (κ1) is 14.8. The molecule has 0 spiro atoms. The van der Waals surface area contributed by atoms with Crippen molar-refractivity contribution in [2.24, 2.45) is 5.92 Å². The maximum absolute atomic E-state index is 9.50. The van der Waals surface area contributed by atoms with E-state index in [0.29, 0.717) is 6.04 Å². The van der Waals surface area contributed by atoms with Gasteiger partial charge in [-0.3, -0.25) is 5.32 Å². The van der Waals surface area contributed by atoms with Crippen LogP contribution in [-0.4, -0.2) is 35.6 Å². The van der Waals surface area contributed by atoms with Gasteiger partial charge in [0.05, 0.1) is 6.07 Å². The van der Waals surface area contributed by atoms with Crippen LogP contribution in [0.1, 0.15) is 59.3 Å². The minimum Gasteiger partial charge on any atom is -0.300 e. The second kappa shape index (κ2) is 6.24. The van der Waals surface area contributed by atoms with Gasteiger partial charge in [-0.1, -0.05) is 6.92 Å². The van der Waals surface area contributed by atoms with Crippen LogP contribution in [0.15, 0.2) is 0 Å². The summed E-state index contributed by atoms with van der Waals surface area (Å²) in [5.41, 5.74) is -0.313. The predicted molar refractivity (Wildman–Crippen MR) is 78.8 cm³/mol. The van der Waals surface area contributed by atoms with Crippen molar-refractivity contribution < 1.29 is 0 Å². The van der Waals surface area contributed by atoms with Gasteiger partial charge in [0.25, 0.3) is 0 Å². The van der Waals surface area contributed by atoms with Crippen LogP contribution in [-0.2, 0) is 0 Å². The van der Waals surface area contributed by atoms with Crippen LogP contribution >= 0.6 is 0 Å². The smallest absolute Gasteiger partial charge is 0.106 e. The highest BCUT2D eigenvalue weighted by atomic mass is 15.2. The van der Waals surface area contributed by atoms with E-state index in [2.05, 4.69) is 37.1 Å². The van der Waals surface area contributed by atoms with Crippen LogP contribution in [0.3, 0.4) is 0 Å². The van der Waals surface area contributed by atoms with Crippen molar-refractivity contribution in [2.75, 3.05) is 13.1 Å². The number of nitrogens with one attached hydrogen (secondary N) is 1. The van der Waals surface area contributed by atoms with Gasteiger partial charge in [-0.25, -0.2) is 0 Å². The molecule has 1 saturated heterocycles. The molecule has 2 aliphatic rings. The summed E-state index contributed by atoms with van der Waals surface area (Å²) >= 11 is 0. The Hall–Kier alpha value is -0.590. The fourth-order valence-electron chi connectivity index (χ4n) is 3.96. The third-order valence-corrected chi connectivity index (χ3v) is 4.95. The molecule has 1 saturated carbocycles. The Morgan fingerprint density at radius 1 is 1.42 bits per heavy atom. The number of hydrogen-bond acceptors (Lipinski definition) is 3. The molecule has 1 N–H and O–H groups in total. The van der Waals surface area contributed by atoms with E-state index in [1.54, 1.807) is 0 Å². The summed E-state index contributed by atoms with van der Waals surface area (Å²) in [4.78, 5) is 2.67. The van der Waals surface area contributed by atoms with E-state index >= 15 is 0 Å². The molecule has 0 radical (unpaired) electrons. The van der Waals surface area contributed by atoms with Gasteiger partial charge in [-0.05, 0) is 64.8 Å². The van der Waals surface area contributed by atoms with E-state index in [9.17, 15) is 5.26 Å². The summed E-state index contributed by atoms with van der Waals surface area (Å²) < 4.78 is 0. The first-order chi connectivity index (χ1) is 9.08. The van der Waals surface area contributed by atoms with Crippen molar-refractivity contribution in [3.63, 3.8) is 0 Å². The van der Waals surface area contributed by atoms with Gasteiger partial charge in [-0.2, -0.15) is 5.26 Å². The summed E-state index contributed by atoms with van der Waals surface area (Å²) in [7, 11) is 0. The molecule has 0 aromatic carbocycles. The van der Waals surface area contributed by atoms with Gasteiger partial charge >= 0.3 is 0 Å². The number of nitriles is 1. The highest BCUT2D eigenvalue weighted by Crippen LogP contribution is 2.37.